The maximum absolute atomic E-state index is 15.0. The number of aromatic nitrogens is 3. The number of hydrogen-bond acceptors (Lipinski definition) is 4. The predicted molar refractivity (Wildman–Crippen MR) is 103 cm³/mol. The van der Waals surface area contributed by atoms with Gasteiger partial charge in [-0.15, -0.1) is 5.10 Å². The molecular formula is C21H25FN4O. The quantitative estimate of drug-likeness (QED) is 0.773. The van der Waals surface area contributed by atoms with Crippen LogP contribution in [0, 0.1) is 18.8 Å². The molecule has 4 rings (SSSR count). The molecule has 2 aliphatic heterocycles. The molecule has 0 bridgehead atoms. The van der Waals surface area contributed by atoms with Crippen molar-refractivity contribution in [3.8, 4) is 0 Å². The van der Waals surface area contributed by atoms with Gasteiger partial charge in [-0.3, -0.25) is 4.99 Å². The van der Waals surface area contributed by atoms with Crippen LogP contribution in [0.15, 0.2) is 41.4 Å². The first-order valence-corrected chi connectivity index (χ1v) is 9.53. The Labute approximate surface area is 159 Å². The van der Waals surface area contributed by atoms with Crippen LogP contribution in [-0.2, 0) is 11.8 Å². The van der Waals surface area contributed by atoms with Gasteiger partial charge in [-0.1, -0.05) is 41.6 Å². The van der Waals surface area contributed by atoms with Crippen molar-refractivity contribution >= 4 is 11.8 Å². The fraction of sp³-hybridized carbons (Fsp3) is 0.476. The van der Waals surface area contributed by atoms with Crippen molar-refractivity contribution in [1.82, 2.24) is 15.0 Å². The lowest BCUT2D eigenvalue weighted by atomic mass is 9.72. The molecule has 0 spiro atoms. The first-order chi connectivity index (χ1) is 13.1. The molecular weight excluding hydrogens is 343 g/mol. The van der Waals surface area contributed by atoms with Gasteiger partial charge in [0.25, 0.3) is 0 Å². The van der Waals surface area contributed by atoms with Crippen LogP contribution in [0.1, 0.15) is 35.7 Å². The van der Waals surface area contributed by atoms with E-state index in [2.05, 4.69) is 27.4 Å². The van der Waals surface area contributed by atoms with Crippen molar-refractivity contribution in [2.24, 2.45) is 23.9 Å². The Bertz CT molecular complexity index is 820. The molecule has 0 radical (unpaired) electrons. The number of nitrogens with zero attached hydrogens (tertiary/aromatic N) is 4. The summed E-state index contributed by atoms with van der Waals surface area (Å²) in [6.07, 6.45) is 4.31. The molecule has 5 nitrogen and oxygen atoms in total. The van der Waals surface area contributed by atoms with Crippen LogP contribution in [0.2, 0.25) is 0 Å². The van der Waals surface area contributed by atoms with Crippen LogP contribution < -0.4 is 0 Å². The van der Waals surface area contributed by atoms with E-state index in [1.807, 2.05) is 38.2 Å². The number of hydrogen-bond donors (Lipinski definition) is 0. The molecule has 2 unspecified atom stereocenters. The minimum absolute atomic E-state index is 0.0686. The monoisotopic (exact) mass is 368 g/mol. The van der Waals surface area contributed by atoms with Gasteiger partial charge in [0, 0.05) is 38.0 Å². The molecule has 6 heteroatoms. The van der Waals surface area contributed by atoms with Crippen molar-refractivity contribution in [3.63, 3.8) is 0 Å². The van der Waals surface area contributed by atoms with E-state index in [1.165, 1.54) is 5.56 Å². The first-order valence-electron chi connectivity index (χ1n) is 9.53. The second-order valence-corrected chi connectivity index (χ2v) is 7.38. The SMILES string of the molecule is Cc1nnn(C)c1C1=CC([C@@H](c2ccccc2)C2CCOCC2)C(F)N=C1. The summed E-state index contributed by atoms with van der Waals surface area (Å²) in [5, 5.41) is 8.21. The first kappa shape index (κ1) is 18.0. The molecule has 0 saturated carbocycles. The van der Waals surface area contributed by atoms with Crippen LogP contribution in [0.25, 0.3) is 5.57 Å². The highest BCUT2D eigenvalue weighted by Gasteiger charge is 2.37. The van der Waals surface area contributed by atoms with Crippen LogP contribution in [-0.4, -0.2) is 40.7 Å². The minimum atomic E-state index is -1.25. The maximum Gasteiger partial charge on any atom is 0.196 e. The molecule has 0 aliphatic carbocycles. The summed E-state index contributed by atoms with van der Waals surface area (Å²) in [6, 6.07) is 10.3. The highest BCUT2D eigenvalue weighted by atomic mass is 19.1. The van der Waals surface area contributed by atoms with Gasteiger partial charge in [-0.25, -0.2) is 9.07 Å². The topological polar surface area (TPSA) is 52.3 Å². The number of ether oxygens (including phenoxy) is 1. The Balaban J connectivity index is 1.75. The highest BCUT2D eigenvalue weighted by molar-refractivity contribution is 6.10. The third kappa shape index (κ3) is 3.58. The van der Waals surface area contributed by atoms with E-state index in [1.54, 1.807) is 10.9 Å². The smallest absolute Gasteiger partial charge is 0.196 e. The number of aryl methyl sites for hydroxylation is 2. The highest BCUT2D eigenvalue weighted by Crippen LogP contribution is 2.43. The number of alkyl halides is 1. The van der Waals surface area contributed by atoms with E-state index in [9.17, 15) is 0 Å². The number of aliphatic imine (C=N–C) groups is 1. The summed E-state index contributed by atoms with van der Waals surface area (Å²) in [4.78, 5) is 4.21. The van der Waals surface area contributed by atoms with Gasteiger partial charge in [-0.05, 0) is 37.2 Å². The number of rotatable bonds is 4. The van der Waals surface area contributed by atoms with E-state index in [0.29, 0.717) is 5.92 Å². The Kier molecular flexibility index (Phi) is 5.16. The van der Waals surface area contributed by atoms with E-state index in [-0.39, 0.29) is 11.8 Å². The molecule has 3 heterocycles. The zero-order valence-corrected chi connectivity index (χ0v) is 15.8. The van der Waals surface area contributed by atoms with Gasteiger partial charge < -0.3 is 4.74 Å². The van der Waals surface area contributed by atoms with Crippen LogP contribution >= 0.6 is 0 Å². The molecule has 27 heavy (non-hydrogen) atoms. The molecule has 0 amide bonds. The Morgan fingerprint density at radius 2 is 1.93 bits per heavy atom. The van der Waals surface area contributed by atoms with Crippen molar-refractivity contribution in [3.05, 3.63) is 53.4 Å². The van der Waals surface area contributed by atoms with Crippen LogP contribution in [0.3, 0.4) is 0 Å². The second-order valence-electron chi connectivity index (χ2n) is 7.38. The molecule has 142 valence electrons. The summed E-state index contributed by atoms with van der Waals surface area (Å²) < 4.78 is 22.3. The molecule has 1 saturated heterocycles. The Morgan fingerprint density at radius 1 is 1.19 bits per heavy atom. The average molecular weight is 368 g/mol. The summed E-state index contributed by atoms with van der Waals surface area (Å²) >= 11 is 0. The van der Waals surface area contributed by atoms with Crippen molar-refractivity contribution in [2.75, 3.05) is 13.2 Å². The summed E-state index contributed by atoms with van der Waals surface area (Å²) in [6.45, 7) is 3.39. The zero-order chi connectivity index (χ0) is 18.8. The predicted octanol–water partition coefficient (Wildman–Crippen LogP) is 3.71. The third-order valence-electron chi connectivity index (χ3n) is 5.69. The van der Waals surface area contributed by atoms with E-state index < -0.39 is 6.30 Å². The minimum Gasteiger partial charge on any atom is -0.381 e. The average Bonchev–Trinajstić information content (AvgIpc) is 3.04. The molecule has 3 atom stereocenters. The fourth-order valence-corrected chi connectivity index (χ4v) is 4.41. The van der Waals surface area contributed by atoms with E-state index in [4.69, 9.17) is 4.74 Å². The molecule has 2 aromatic rings. The lowest BCUT2D eigenvalue weighted by Gasteiger charge is -2.36. The number of benzene rings is 1. The van der Waals surface area contributed by atoms with Crippen molar-refractivity contribution < 1.29 is 9.13 Å². The second kappa shape index (κ2) is 7.72. The zero-order valence-electron chi connectivity index (χ0n) is 15.8. The normalized spacial score (nSPS) is 24.6. The Morgan fingerprint density at radius 3 is 2.59 bits per heavy atom. The lowest BCUT2D eigenvalue weighted by molar-refractivity contribution is 0.0467. The van der Waals surface area contributed by atoms with Gasteiger partial charge >= 0.3 is 0 Å². The number of dihydropyridines is 1. The van der Waals surface area contributed by atoms with Crippen molar-refractivity contribution in [2.45, 2.75) is 32.0 Å². The summed E-state index contributed by atoms with van der Waals surface area (Å²) in [5.41, 5.74) is 3.79. The van der Waals surface area contributed by atoms with Gasteiger partial charge in [0.05, 0.1) is 11.4 Å². The van der Waals surface area contributed by atoms with Gasteiger partial charge in [0.15, 0.2) is 6.30 Å². The summed E-state index contributed by atoms with van der Waals surface area (Å²) in [5.74, 6) is 0.129. The van der Waals surface area contributed by atoms with Crippen LogP contribution in [0.4, 0.5) is 4.39 Å². The molecule has 0 N–H and O–H groups in total. The fourth-order valence-electron chi connectivity index (χ4n) is 4.41. The summed E-state index contributed by atoms with van der Waals surface area (Å²) in [7, 11) is 1.85. The van der Waals surface area contributed by atoms with Crippen LogP contribution in [0.5, 0.6) is 0 Å². The van der Waals surface area contributed by atoms with Gasteiger partial charge in [0.2, 0.25) is 0 Å². The third-order valence-corrected chi connectivity index (χ3v) is 5.69. The molecule has 1 aromatic heterocycles. The Hall–Kier alpha value is -2.34. The van der Waals surface area contributed by atoms with Gasteiger partial charge in [0.1, 0.15) is 0 Å². The number of halogens is 1. The standard InChI is InChI=1S/C21H25FN4O/c1-14-20(26(2)25-24-14)17-12-18(21(22)23-13-17)19(15-6-4-3-5-7-15)16-8-10-27-11-9-16/h3-7,12-13,16,18-19,21H,8-11H2,1-2H3/t18?,19-,21?/m0/s1. The largest absolute Gasteiger partial charge is 0.381 e. The molecule has 1 aromatic carbocycles. The van der Waals surface area contributed by atoms with Crippen molar-refractivity contribution in [1.29, 1.82) is 0 Å². The maximum atomic E-state index is 15.0. The van der Waals surface area contributed by atoms with Gasteiger partial charge in [-0.2, -0.15) is 0 Å². The lowest BCUT2D eigenvalue weighted by Crippen LogP contribution is -2.32. The van der Waals surface area contributed by atoms with E-state index in [0.717, 1.165) is 43.0 Å². The molecule has 1 fully saturated rings. The molecule has 2 aliphatic rings. The number of allylic oxidation sites excluding steroid dienone is 1. The van der Waals surface area contributed by atoms with E-state index >= 15 is 4.39 Å².